The molecule has 0 bridgehead atoms. The predicted octanol–water partition coefficient (Wildman–Crippen LogP) is 0.693. The number of ether oxygens (including phenoxy) is 2. The molecule has 0 radical (unpaired) electrons. The van der Waals surface area contributed by atoms with Gasteiger partial charge in [0.2, 0.25) is 0 Å². The molecule has 1 aromatic rings. The number of likely N-dealkylation sites (N-methyl/N-ethyl adjacent to an activating group) is 1. The van der Waals surface area contributed by atoms with Crippen molar-refractivity contribution in [1.82, 2.24) is 10.6 Å². The molecule has 1 aliphatic heterocycles. The Balaban J connectivity index is 1.92. The zero-order valence-corrected chi connectivity index (χ0v) is 12.8. The Kier molecular flexibility index (Phi) is 6.64. The van der Waals surface area contributed by atoms with Gasteiger partial charge in [-0.2, -0.15) is 0 Å². The van der Waals surface area contributed by atoms with Crippen LogP contribution in [0.25, 0.3) is 0 Å². The Bertz CT molecular complexity index is 449. The Morgan fingerprint density at radius 3 is 2.86 bits per heavy atom. The van der Waals surface area contributed by atoms with E-state index in [0.717, 1.165) is 12.0 Å². The van der Waals surface area contributed by atoms with Crippen LogP contribution < -0.4 is 10.6 Å². The van der Waals surface area contributed by atoms with E-state index < -0.39 is 18.2 Å². The molecular weight excluding hydrogens is 284 g/mol. The molecule has 1 fully saturated rings. The van der Waals surface area contributed by atoms with Gasteiger partial charge in [0, 0.05) is 13.0 Å². The zero-order valence-electron chi connectivity index (χ0n) is 12.8. The molecule has 0 saturated carbocycles. The van der Waals surface area contributed by atoms with Crippen LogP contribution in [0.1, 0.15) is 12.0 Å². The van der Waals surface area contributed by atoms with Crippen molar-refractivity contribution in [2.75, 3.05) is 26.8 Å². The van der Waals surface area contributed by atoms with E-state index in [0.29, 0.717) is 26.2 Å². The molecule has 122 valence electrons. The number of nitrogens with one attached hydrogen (secondary N) is 2. The summed E-state index contributed by atoms with van der Waals surface area (Å²) in [4.78, 5) is 12.0. The molecular formula is C16H24N2O4. The van der Waals surface area contributed by atoms with Crippen molar-refractivity contribution < 1.29 is 19.4 Å². The molecule has 0 aliphatic carbocycles. The maximum Gasteiger partial charge on any atom is 0.407 e. The average molecular weight is 308 g/mol. The Morgan fingerprint density at radius 1 is 1.45 bits per heavy atom. The highest BCUT2D eigenvalue weighted by Gasteiger charge is 2.25. The van der Waals surface area contributed by atoms with Crippen LogP contribution in [0, 0.1) is 0 Å². The lowest BCUT2D eigenvalue weighted by molar-refractivity contribution is 0.0693. The van der Waals surface area contributed by atoms with E-state index in [1.54, 1.807) is 7.05 Å². The second-order valence-electron chi connectivity index (χ2n) is 5.46. The minimum atomic E-state index is -0.697. The molecule has 3 atom stereocenters. The third kappa shape index (κ3) is 5.29. The van der Waals surface area contributed by atoms with Gasteiger partial charge in [-0.15, -0.1) is 0 Å². The maximum absolute atomic E-state index is 12.0. The monoisotopic (exact) mass is 308 g/mol. The van der Waals surface area contributed by atoms with E-state index >= 15 is 0 Å². The number of hydrogen-bond acceptors (Lipinski definition) is 5. The molecule has 1 saturated heterocycles. The van der Waals surface area contributed by atoms with E-state index in [1.165, 1.54) is 0 Å². The van der Waals surface area contributed by atoms with Crippen molar-refractivity contribution in [3.8, 4) is 0 Å². The summed E-state index contributed by atoms with van der Waals surface area (Å²) in [7, 11) is 1.76. The fourth-order valence-electron chi connectivity index (χ4n) is 2.45. The van der Waals surface area contributed by atoms with Crippen molar-refractivity contribution >= 4 is 6.09 Å². The lowest BCUT2D eigenvalue weighted by Crippen LogP contribution is -2.49. The normalized spacial score (nSPS) is 20.4. The minimum absolute atomic E-state index is 0.196. The van der Waals surface area contributed by atoms with Gasteiger partial charge in [0.25, 0.3) is 0 Å². The van der Waals surface area contributed by atoms with Gasteiger partial charge in [-0.1, -0.05) is 30.3 Å². The first-order chi connectivity index (χ1) is 10.7. The largest absolute Gasteiger partial charge is 0.444 e. The topological polar surface area (TPSA) is 79.8 Å². The van der Waals surface area contributed by atoms with Crippen molar-refractivity contribution in [3.63, 3.8) is 0 Å². The standard InChI is InChI=1S/C16H24N2O4/c1-17-10-15(19)14(9-12-5-3-2-4-6-12)18-16(20)22-13-7-8-21-11-13/h2-6,13-15,17,19H,7-11H2,1H3,(H,18,20)/t13?,14?,15-/m1/s1. The highest BCUT2D eigenvalue weighted by Crippen LogP contribution is 2.10. The van der Waals surface area contributed by atoms with Crippen LogP contribution >= 0.6 is 0 Å². The van der Waals surface area contributed by atoms with Crippen LogP contribution in [0.15, 0.2) is 30.3 Å². The van der Waals surface area contributed by atoms with Crippen molar-refractivity contribution in [2.24, 2.45) is 0 Å². The molecule has 6 heteroatoms. The van der Waals surface area contributed by atoms with Crippen LogP contribution in [0.2, 0.25) is 0 Å². The lowest BCUT2D eigenvalue weighted by Gasteiger charge is -2.24. The molecule has 2 rings (SSSR count). The van der Waals surface area contributed by atoms with E-state index in [4.69, 9.17) is 9.47 Å². The number of amides is 1. The van der Waals surface area contributed by atoms with Gasteiger partial charge in [-0.25, -0.2) is 4.79 Å². The first-order valence-corrected chi connectivity index (χ1v) is 7.60. The predicted molar refractivity (Wildman–Crippen MR) is 82.7 cm³/mol. The minimum Gasteiger partial charge on any atom is -0.444 e. The zero-order chi connectivity index (χ0) is 15.8. The van der Waals surface area contributed by atoms with Gasteiger partial charge >= 0.3 is 6.09 Å². The molecule has 22 heavy (non-hydrogen) atoms. The summed E-state index contributed by atoms with van der Waals surface area (Å²) in [6.45, 7) is 1.45. The number of aliphatic hydroxyl groups is 1. The molecule has 0 spiro atoms. The fourth-order valence-corrected chi connectivity index (χ4v) is 2.45. The summed E-state index contributed by atoms with van der Waals surface area (Å²) in [5, 5.41) is 15.9. The third-order valence-corrected chi connectivity index (χ3v) is 3.64. The van der Waals surface area contributed by atoms with Crippen molar-refractivity contribution in [3.05, 3.63) is 35.9 Å². The number of alkyl carbamates (subject to hydrolysis) is 1. The molecule has 2 unspecified atom stereocenters. The van der Waals surface area contributed by atoms with Gasteiger partial charge in [-0.05, 0) is 19.0 Å². The summed E-state index contributed by atoms with van der Waals surface area (Å²) in [5.41, 5.74) is 1.05. The van der Waals surface area contributed by atoms with E-state index in [2.05, 4.69) is 10.6 Å². The average Bonchev–Trinajstić information content (AvgIpc) is 3.00. The molecule has 1 aromatic carbocycles. The summed E-state index contributed by atoms with van der Waals surface area (Å²) in [6, 6.07) is 9.33. The van der Waals surface area contributed by atoms with Crippen LogP contribution in [0.3, 0.4) is 0 Å². The number of carbonyl (C=O) groups is 1. The van der Waals surface area contributed by atoms with Crippen molar-refractivity contribution in [2.45, 2.75) is 31.1 Å². The summed E-state index contributed by atoms with van der Waals surface area (Å²) in [6.07, 6.45) is -0.140. The fraction of sp³-hybridized carbons (Fsp3) is 0.562. The highest BCUT2D eigenvalue weighted by atomic mass is 16.6. The Hall–Kier alpha value is -1.63. The Labute approximate surface area is 130 Å². The van der Waals surface area contributed by atoms with E-state index in [9.17, 15) is 9.90 Å². The Morgan fingerprint density at radius 2 is 2.23 bits per heavy atom. The molecule has 1 amide bonds. The molecule has 6 nitrogen and oxygen atoms in total. The van der Waals surface area contributed by atoms with E-state index in [-0.39, 0.29) is 6.10 Å². The number of hydrogen-bond donors (Lipinski definition) is 3. The number of aliphatic hydroxyl groups excluding tert-OH is 1. The third-order valence-electron chi connectivity index (χ3n) is 3.64. The van der Waals surface area contributed by atoms with Gasteiger partial charge < -0.3 is 25.2 Å². The number of carbonyl (C=O) groups excluding carboxylic acids is 1. The van der Waals surface area contributed by atoms with E-state index in [1.807, 2.05) is 30.3 Å². The molecule has 3 N–H and O–H groups in total. The van der Waals surface area contributed by atoms with Crippen LogP contribution in [0.5, 0.6) is 0 Å². The second kappa shape index (κ2) is 8.73. The van der Waals surface area contributed by atoms with Gasteiger partial charge in [-0.3, -0.25) is 0 Å². The molecule has 1 heterocycles. The first kappa shape index (κ1) is 16.7. The van der Waals surface area contributed by atoms with Crippen molar-refractivity contribution in [1.29, 1.82) is 0 Å². The number of benzene rings is 1. The second-order valence-corrected chi connectivity index (χ2v) is 5.46. The van der Waals surface area contributed by atoms with Gasteiger partial charge in [0.15, 0.2) is 0 Å². The summed E-state index contributed by atoms with van der Waals surface area (Å²) >= 11 is 0. The highest BCUT2D eigenvalue weighted by molar-refractivity contribution is 5.68. The van der Waals surface area contributed by atoms with Gasteiger partial charge in [0.1, 0.15) is 6.10 Å². The summed E-state index contributed by atoms with van der Waals surface area (Å²) < 4.78 is 10.5. The quantitative estimate of drug-likeness (QED) is 0.691. The first-order valence-electron chi connectivity index (χ1n) is 7.60. The SMILES string of the molecule is CNC[C@@H](O)C(Cc1ccccc1)NC(=O)OC1CCOC1. The summed E-state index contributed by atoms with van der Waals surface area (Å²) in [5.74, 6) is 0. The molecule has 0 aromatic heterocycles. The smallest absolute Gasteiger partial charge is 0.407 e. The van der Waals surface area contributed by atoms with Crippen LogP contribution in [0.4, 0.5) is 4.79 Å². The van der Waals surface area contributed by atoms with Gasteiger partial charge in [0.05, 0.1) is 25.4 Å². The van der Waals surface area contributed by atoms with Crippen LogP contribution in [-0.4, -0.2) is 56.3 Å². The lowest BCUT2D eigenvalue weighted by atomic mass is 10.0. The molecule has 1 aliphatic rings. The van der Waals surface area contributed by atoms with Crippen LogP contribution in [-0.2, 0) is 15.9 Å². The number of rotatable bonds is 7. The maximum atomic E-state index is 12.0.